The summed E-state index contributed by atoms with van der Waals surface area (Å²) in [5, 5.41) is 11.5. The fourth-order valence-corrected chi connectivity index (χ4v) is 1.17. The second-order valence-corrected chi connectivity index (χ2v) is 2.78. The highest BCUT2D eigenvalue weighted by Crippen LogP contribution is 2.11. The summed E-state index contributed by atoms with van der Waals surface area (Å²) in [6.45, 7) is 3.13. The Morgan fingerprint density at radius 1 is 1.62 bits per heavy atom. The van der Waals surface area contributed by atoms with Gasteiger partial charge in [-0.05, 0) is 6.92 Å². The van der Waals surface area contributed by atoms with E-state index in [1.54, 1.807) is 0 Å². The first-order chi connectivity index (χ1) is 6.29. The molecular weight excluding hydrogens is 170 g/mol. The van der Waals surface area contributed by atoms with Crippen LogP contribution in [0.3, 0.4) is 0 Å². The largest absolute Gasteiger partial charge is 0.411 e. The summed E-state index contributed by atoms with van der Waals surface area (Å²) in [6.07, 6.45) is 5.23. The lowest BCUT2D eigenvalue weighted by Crippen LogP contribution is -2.39. The van der Waals surface area contributed by atoms with Crippen molar-refractivity contribution in [3.05, 3.63) is 12.4 Å². The molecule has 0 aliphatic carbocycles. The van der Waals surface area contributed by atoms with Crippen LogP contribution in [0.25, 0.3) is 0 Å². The average Bonchev–Trinajstić information content (AvgIpc) is 2.46. The summed E-state index contributed by atoms with van der Waals surface area (Å²) in [5.41, 5.74) is 0. The monoisotopic (exact) mass is 185 g/mol. The molecule has 0 amide bonds. The van der Waals surface area contributed by atoms with Crippen LogP contribution in [0, 0.1) is 0 Å². The Balaban J connectivity index is 2.48. The molecule has 0 bridgehead atoms. The highest BCUT2D eigenvalue weighted by molar-refractivity contribution is 5.64. The Kier molecular flexibility index (Phi) is 3.57. The van der Waals surface area contributed by atoms with Crippen LogP contribution in [0.4, 0.5) is 0 Å². The van der Waals surface area contributed by atoms with Crippen LogP contribution in [-0.4, -0.2) is 47.8 Å². The zero-order valence-corrected chi connectivity index (χ0v) is 7.92. The lowest BCUT2D eigenvalue weighted by atomic mass is 10.5. The average molecular weight is 185 g/mol. The lowest BCUT2D eigenvalue weighted by molar-refractivity contribution is 0.0414. The van der Waals surface area contributed by atoms with Gasteiger partial charge in [-0.1, -0.05) is 5.16 Å². The normalized spacial score (nSPS) is 22.2. The third kappa shape index (κ3) is 2.35. The van der Waals surface area contributed by atoms with Gasteiger partial charge in [0.15, 0.2) is 0 Å². The van der Waals surface area contributed by atoms with Gasteiger partial charge in [-0.2, -0.15) is 0 Å². The van der Waals surface area contributed by atoms with Crippen molar-refractivity contribution in [1.29, 1.82) is 0 Å². The fourth-order valence-electron chi connectivity index (χ4n) is 1.17. The molecule has 0 saturated carbocycles. The van der Waals surface area contributed by atoms with Crippen LogP contribution in [-0.2, 0) is 4.74 Å². The third-order valence-electron chi connectivity index (χ3n) is 1.89. The third-order valence-corrected chi connectivity index (χ3v) is 1.89. The Morgan fingerprint density at radius 2 is 2.38 bits per heavy atom. The minimum Gasteiger partial charge on any atom is -0.411 e. The first-order valence-electron chi connectivity index (χ1n) is 4.21. The van der Waals surface area contributed by atoms with Crippen molar-refractivity contribution in [2.45, 2.75) is 13.1 Å². The molecule has 0 saturated heterocycles. The number of hydrogen-bond acceptors (Lipinski definition) is 5. The lowest BCUT2D eigenvalue weighted by Gasteiger charge is -2.26. The Bertz CT molecular complexity index is 206. The van der Waals surface area contributed by atoms with Gasteiger partial charge in [0.05, 0.1) is 6.21 Å². The molecular formula is C8H15N3O2. The topological polar surface area (TPSA) is 48.3 Å². The van der Waals surface area contributed by atoms with Crippen molar-refractivity contribution in [3.8, 4) is 0 Å². The molecule has 1 unspecified atom stereocenters. The minimum absolute atomic E-state index is 0.0449. The van der Waals surface area contributed by atoms with E-state index in [0.29, 0.717) is 13.3 Å². The van der Waals surface area contributed by atoms with Crippen molar-refractivity contribution in [1.82, 2.24) is 9.80 Å². The summed E-state index contributed by atoms with van der Waals surface area (Å²) in [6, 6.07) is 0. The van der Waals surface area contributed by atoms with Gasteiger partial charge >= 0.3 is 0 Å². The standard InChI is InChI=1S/C8H15N3O2/c1-3-13-7-11-5-4-10(2)8(11)6-9-12/h4-6,8,12H,3,7H2,1-2H3/b9-6-. The van der Waals surface area contributed by atoms with Crippen molar-refractivity contribution in [2.75, 3.05) is 20.4 Å². The predicted molar refractivity (Wildman–Crippen MR) is 49.3 cm³/mol. The van der Waals surface area contributed by atoms with Crippen molar-refractivity contribution >= 4 is 6.21 Å². The van der Waals surface area contributed by atoms with Gasteiger partial charge in [0.1, 0.15) is 12.9 Å². The van der Waals surface area contributed by atoms with Crippen LogP contribution in [0.15, 0.2) is 17.6 Å². The first-order valence-corrected chi connectivity index (χ1v) is 4.21. The van der Waals surface area contributed by atoms with E-state index in [1.807, 2.05) is 36.2 Å². The Labute approximate surface area is 77.9 Å². The zero-order chi connectivity index (χ0) is 9.68. The van der Waals surface area contributed by atoms with Gasteiger partial charge in [-0.3, -0.25) is 0 Å². The molecule has 1 heterocycles. The van der Waals surface area contributed by atoms with E-state index in [2.05, 4.69) is 5.16 Å². The number of nitrogens with zero attached hydrogens (tertiary/aromatic N) is 3. The van der Waals surface area contributed by atoms with Crippen molar-refractivity contribution in [3.63, 3.8) is 0 Å². The van der Waals surface area contributed by atoms with Crippen molar-refractivity contribution in [2.24, 2.45) is 5.16 Å². The molecule has 1 aliphatic rings. The summed E-state index contributed by atoms with van der Waals surface area (Å²) in [5.74, 6) is 0. The van der Waals surface area contributed by atoms with Gasteiger partial charge in [0, 0.05) is 26.1 Å². The number of hydrogen-bond donors (Lipinski definition) is 1. The second kappa shape index (κ2) is 4.71. The summed E-state index contributed by atoms with van der Waals surface area (Å²) in [4.78, 5) is 3.86. The molecule has 0 aromatic rings. The molecule has 1 rings (SSSR count). The molecule has 1 atom stereocenters. The predicted octanol–water partition coefficient (Wildman–Crippen LogP) is 0.485. The van der Waals surface area contributed by atoms with E-state index < -0.39 is 0 Å². The minimum atomic E-state index is -0.0449. The Hall–Kier alpha value is -1.23. The molecule has 1 aliphatic heterocycles. The van der Waals surface area contributed by atoms with Gasteiger partial charge in [0.25, 0.3) is 0 Å². The highest BCUT2D eigenvalue weighted by Gasteiger charge is 2.21. The molecule has 0 radical (unpaired) electrons. The zero-order valence-electron chi connectivity index (χ0n) is 7.92. The Morgan fingerprint density at radius 3 is 3.00 bits per heavy atom. The first kappa shape index (κ1) is 9.85. The molecule has 1 N–H and O–H groups in total. The van der Waals surface area contributed by atoms with Crippen LogP contribution < -0.4 is 0 Å². The van der Waals surface area contributed by atoms with E-state index in [-0.39, 0.29) is 6.17 Å². The molecule has 5 nitrogen and oxygen atoms in total. The number of rotatable bonds is 4. The maximum Gasteiger partial charge on any atom is 0.142 e. The van der Waals surface area contributed by atoms with E-state index >= 15 is 0 Å². The maximum absolute atomic E-state index is 8.44. The van der Waals surface area contributed by atoms with Crippen LogP contribution in [0.2, 0.25) is 0 Å². The van der Waals surface area contributed by atoms with Gasteiger partial charge in [0.2, 0.25) is 0 Å². The second-order valence-electron chi connectivity index (χ2n) is 2.78. The summed E-state index contributed by atoms with van der Waals surface area (Å²) < 4.78 is 5.25. The number of oxime groups is 1. The van der Waals surface area contributed by atoms with Crippen molar-refractivity contribution < 1.29 is 9.94 Å². The molecule has 13 heavy (non-hydrogen) atoms. The van der Waals surface area contributed by atoms with Crippen LogP contribution in [0.1, 0.15) is 6.92 Å². The van der Waals surface area contributed by atoms with E-state index in [4.69, 9.17) is 9.94 Å². The van der Waals surface area contributed by atoms with Crippen LogP contribution in [0.5, 0.6) is 0 Å². The summed E-state index contributed by atoms with van der Waals surface area (Å²) in [7, 11) is 1.91. The molecule has 0 fully saturated rings. The fraction of sp³-hybridized carbons (Fsp3) is 0.625. The number of ether oxygens (including phenoxy) is 1. The highest BCUT2D eigenvalue weighted by atomic mass is 16.5. The van der Waals surface area contributed by atoms with E-state index in [1.165, 1.54) is 6.21 Å². The molecule has 0 spiro atoms. The molecule has 0 aromatic carbocycles. The maximum atomic E-state index is 8.44. The van der Waals surface area contributed by atoms with Crippen LogP contribution >= 0.6 is 0 Å². The SMILES string of the molecule is CCOCN1C=CN(C)C1/C=N\O. The quantitative estimate of drug-likeness (QED) is 0.393. The van der Waals surface area contributed by atoms with E-state index in [9.17, 15) is 0 Å². The van der Waals surface area contributed by atoms with Gasteiger partial charge in [-0.15, -0.1) is 0 Å². The molecule has 74 valence electrons. The summed E-state index contributed by atoms with van der Waals surface area (Å²) >= 11 is 0. The molecule has 0 aromatic heterocycles. The van der Waals surface area contributed by atoms with E-state index in [0.717, 1.165) is 0 Å². The molecule has 5 heteroatoms. The van der Waals surface area contributed by atoms with Gasteiger partial charge in [-0.25, -0.2) is 0 Å². The smallest absolute Gasteiger partial charge is 0.142 e. The van der Waals surface area contributed by atoms with Gasteiger partial charge < -0.3 is 19.7 Å².